The molecule has 1 aliphatic rings. The molecule has 0 saturated carbocycles. The number of anilines is 1. The molecule has 1 N–H and O–H groups in total. The van der Waals surface area contributed by atoms with Gasteiger partial charge in [0.2, 0.25) is 5.43 Å². The summed E-state index contributed by atoms with van der Waals surface area (Å²) in [6.45, 7) is 0.397. The van der Waals surface area contributed by atoms with Crippen molar-refractivity contribution in [1.29, 1.82) is 0 Å². The lowest BCUT2D eigenvalue weighted by Crippen LogP contribution is -2.34. The molecule has 0 amide bonds. The predicted molar refractivity (Wildman–Crippen MR) is 81.0 cm³/mol. The van der Waals surface area contributed by atoms with Gasteiger partial charge in [0.25, 0.3) is 10.0 Å². The first-order chi connectivity index (χ1) is 10.1. The number of rotatable bonds is 2. The highest BCUT2D eigenvalue weighted by atomic mass is 32.2. The Kier molecular flexibility index (Phi) is 3.55. The van der Waals surface area contributed by atoms with Crippen LogP contribution < -0.4 is 9.73 Å². The van der Waals surface area contributed by atoms with Crippen molar-refractivity contribution in [3.63, 3.8) is 0 Å². The standard InChI is InChI=1S/C15H16N2O3S/c18-14-8-9-16-11-15(14)21(19,20)17-10-4-3-6-12-5-1-2-7-13(12)17/h1-2,5,7-9,11H,3-4,6,10H2,(H,16,18). The summed E-state index contributed by atoms with van der Waals surface area (Å²) in [5.41, 5.74) is 1.19. The van der Waals surface area contributed by atoms with Crippen LogP contribution in [0.4, 0.5) is 5.69 Å². The van der Waals surface area contributed by atoms with Gasteiger partial charge in [0.1, 0.15) is 0 Å². The molecule has 5 nitrogen and oxygen atoms in total. The number of aromatic amines is 1. The Bertz CT molecular complexity index is 811. The Morgan fingerprint density at radius 1 is 1.10 bits per heavy atom. The maximum absolute atomic E-state index is 12.8. The number of nitrogens with one attached hydrogen (secondary N) is 1. The van der Waals surface area contributed by atoms with E-state index in [1.165, 1.54) is 22.8 Å². The van der Waals surface area contributed by atoms with Gasteiger partial charge in [-0.3, -0.25) is 9.10 Å². The van der Waals surface area contributed by atoms with Gasteiger partial charge in [-0.05, 0) is 30.9 Å². The summed E-state index contributed by atoms with van der Waals surface area (Å²) in [5.74, 6) is 0. The third kappa shape index (κ3) is 2.47. The molecule has 0 spiro atoms. The Hall–Kier alpha value is -2.08. The van der Waals surface area contributed by atoms with Crippen LogP contribution >= 0.6 is 0 Å². The van der Waals surface area contributed by atoms with Gasteiger partial charge in [0, 0.05) is 25.0 Å². The summed E-state index contributed by atoms with van der Waals surface area (Å²) in [5, 5.41) is 0. The van der Waals surface area contributed by atoms with Crippen molar-refractivity contribution in [3.8, 4) is 0 Å². The van der Waals surface area contributed by atoms with Gasteiger partial charge < -0.3 is 4.98 Å². The zero-order valence-electron chi connectivity index (χ0n) is 11.5. The minimum absolute atomic E-state index is 0.207. The second kappa shape index (κ2) is 5.37. The van der Waals surface area contributed by atoms with Crippen molar-refractivity contribution >= 4 is 15.7 Å². The van der Waals surface area contributed by atoms with E-state index >= 15 is 0 Å². The lowest BCUT2D eigenvalue weighted by atomic mass is 10.1. The molecule has 0 radical (unpaired) electrons. The monoisotopic (exact) mass is 304 g/mol. The fraction of sp³-hybridized carbons (Fsp3) is 0.267. The Labute approximate surface area is 123 Å². The molecule has 1 aromatic heterocycles. The second-order valence-corrected chi connectivity index (χ2v) is 6.87. The zero-order chi connectivity index (χ0) is 14.9. The molecule has 1 aromatic carbocycles. The maximum atomic E-state index is 12.8. The molecular weight excluding hydrogens is 288 g/mol. The molecule has 0 fully saturated rings. The van der Waals surface area contributed by atoms with E-state index in [1.807, 2.05) is 18.2 Å². The number of hydrogen-bond acceptors (Lipinski definition) is 3. The Morgan fingerprint density at radius 3 is 2.71 bits per heavy atom. The molecule has 2 heterocycles. The summed E-state index contributed by atoms with van der Waals surface area (Å²) in [7, 11) is -3.84. The SMILES string of the molecule is O=c1cc[nH]cc1S(=O)(=O)N1CCCCc2ccccc21. The van der Waals surface area contributed by atoms with E-state index in [4.69, 9.17) is 0 Å². The van der Waals surface area contributed by atoms with E-state index in [-0.39, 0.29) is 4.90 Å². The first-order valence-electron chi connectivity index (χ1n) is 6.88. The molecule has 21 heavy (non-hydrogen) atoms. The number of hydrogen-bond donors (Lipinski definition) is 1. The molecule has 0 saturated heterocycles. The number of aromatic nitrogens is 1. The van der Waals surface area contributed by atoms with Crippen molar-refractivity contribution < 1.29 is 8.42 Å². The Morgan fingerprint density at radius 2 is 1.90 bits per heavy atom. The van der Waals surface area contributed by atoms with E-state index in [0.717, 1.165) is 24.8 Å². The molecule has 0 aliphatic carbocycles. The molecule has 6 heteroatoms. The van der Waals surface area contributed by atoms with Crippen LogP contribution in [0.15, 0.2) is 52.4 Å². The van der Waals surface area contributed by atoms with Crippen LogP contribution in [0.25, 0.3) is 0 Å². The van der Waals surface area contributed by atoms with Crippen LogP contribution in [0.3, 0.4) is 0 Å². The highest BCUT2D eigenvalue weighted by molar-refractivity contribution is 7.92. The summed E-state index contributed by atoms with van der Waals surface area (Å²) >= 11 is 0. The number of fused-ring (bicyclic) bond motifs is 1. The van der Waals surface area contributed by atoms with Crippen molar-refractivity contribution in [1.82, 2.24) is 4.98 Å². The Balaban J connectivity index is 2.16. The number of benzene rings is 1. The molecule has 0 atom stereocenters. The molecule has 3 rings (SSSR count). The van der Waals surface area contributed by atoms with Gasteiger partial charge in [-0.2, -0.15) is 0 Å². The summed E-state index contributed by atoms with van der Waals surface area (Å²) in [6.07, 6.45) is 5.25. The normalized spacial score (nSPS) is 15.3. The average molecular weight is 304 g/mol. The van der Waals surface area contributed by atoms with Crippen molar-refractivity contribution in [2.45, 2.75) is 24.2 Å². The van der Waals surface area contributed by atoms with Gasteiger partial charge in [-0.15, -0.1) is 0 Å². The number of aryl methyl sites for hydroxylation is 1. The van der Waals surface area contributed by atoms with Crippen LogP contribution in [-0.2, 0) is 16.4 Å². The molecule has 110 valence electrons. The zero-order valence-corrected chi connectivity index (χ0v) is 12.3. The van der Waals surface area contributed by atoms with Gasteiger partial charge in [0.05, 0.1) is 5.69 Å². The lowest BCUT2D eigenvalue weighted by molar-refractivity contribution is 0.588. The predicted octanol–water partition coefficient (Wildman–Crippen LogP) is 1.91. The van der Waals surface area contributed by atoms with E-state index in [9.17, 15) is 13.2 Å². The number of para-hydroxylation sites is 1. The third-order valence-electron chi connectivity index (χ3n) is 3.67. The van der Waals surface area contributed by atoms with Crippen molar-refractivity contribution in [3.05, 3.63) is 58.5 Å². The number of H-pyrrole nitrogens is 1. The minimum atomic E-state index is -3.84. The van der Waals surface area contributed by atoms with Gasteiger partial charge in [0.15, 0.2) is 4.90 Å². The second-order valence-electron chi connectivity index (χ2n) is 5.04. The fourth-order valence-corrected chi connectivity index (χ4v) is 4.21. The van der Waals surface area contributed by atoms with Crippen LogP contribution in [0, 0.1) is 0 Å². The quantitative estimate of drug-likeness (QED) is 0.921. The highest BCUT2D eigenvalue weighted by Crippen LogP contribution is 2.30. The summed E-state index contributed by atoms with van der Waals surface area (Å²) in [4.78, 5) is 14.4. The minimum Gasteiger partial charge on any atom is -0.366 e. The topological polar surface area (TPSA) is 70.2 Å². The number of sulfonamides is 1. The van der Waals surface area contributed by atoms with Crippen LogP contribution in [-0.4, -0.2) is 19.9 Å². The fourth-order valence-electron chi connectivity index (χ4n) is 2.63. The molecule has 2 aromatic rings. The first-order valence-corrected chi connectivity index (χ1v) is 8.32. The highest BCUT2D eigenvalue weighted by Gasteiger charge is 2.29. The molecular formula is C15H16N2O3S. The van der Waals surface area contributed by atoms with E-state index in [1.54, 1.807) is 6.07 Å². The number of pyridine rings is 1. The van der Waals surface area contributed by atoms with Crippen molar-refractivity contribution in [2.75, 3.05) is 10.8 Å². The molecule has 0 unspecified atom stereocenters. The summed E-state index contributed by atoms with van der Waals surface area (Å²) < 4.78 is 27.0. The maximum Gasteiger partial charge on any atom is 0.269 e. The summed E-state index contributed by atoms with van der Waals surface area (Å²) in [6, 6.07) is 8.70. The van der Waals surface area contributed by atoms with Gasteiger partial charge in [-0.25, -0.2) is 8.42 Å². The van der Waals surface area contributed by atoms with Gasteiger partial charge >= 0.3 is 0 Å². The first kappa shape index (κ1) is 13.9. The molecule has 1 aliphatic heterocycles. The molecule has 0 bridgehead atoms. The third-order valence-corrected chi connectivity index (χ3v) is 5.51. The van der Waals surface area contributed by atoms with E-state index < -0.39 is 15.5 Å². The average Bonchev–Trinajstić information content (AvgIpc) is 2.70. The van der Waals surface area contributed by atoms with Crippen molar-refractivity contribution in [2.24, 2.45) is 0 Å². The van der Waals surface area contributed by atoms with Gasteiger partial charge in [-0.1, -0.05) is 18.2 Å². The van der Waals surface area contributed by atoms with Crippen LogP contribution in [0.5, 0.6) is 0 Å². The smallest absolute Gasteiger partial charge is 0.269 e. The van der Waals surface area contributed by atoms with Crippen LogP contribution in [0.2, 0.25) is 0 Å². The van der Waals surface area contributed by atoms with Crippen LogP contribution in [0.1, 0.15) is 18.4 Å². The number of nitrogens with zero attached hydrogens (tertiary/aromatic N) is 1. The van der Waals surface area contributed by atoms with E-state index in [0.29, 0.717) is 12.2 Å². The lowest BCUT2D eigenvalue weighted by Gasteiger charge is -2.24. The largest absolute Gasteiger partial charge is 0.366 e. The van der Waals surface area contributed by atoms with E-state index in [2.05, 4.69) is 4.98 Å².